The third-order valence-corrected chi connectivity index (χ3v) is 4.44. The van der Waals surface area contributed by atoms with E-state index in [1.807, 2.05) is 61.5 Å². The summed E-state index contributed by atoms with van der Waals surface area (Å²) in [6.07, 6.45) is 1.63. The molecule has 0 spiro atoms. The zero-order chi connectivity index (χ0) is 16.2. The van der Waals surface area contributed by atoms with Crippen LogP contribution in [0.1, 0.15) is 21.5 Å². The van der Waals surface area contributed by atoms with E-state index >= 15 is 0 Å². The van der Waals surface area contributed by atoms with Crippen molar-refractivity contribution in [2.45, 2.75) is 6.92 Å². The lowest BCUT2D eigenvalue weighted by molar-refractivity contribution is 0.0955. The van der Waals surface area contributed by atoms with Crippen LogP contribution in [0.25, 0.3) is 10.8 Å². The van der Waals surface area contributed by atoms with E-state index in [4.69, 9.17) is 0 Å². The van der Waals surface area contributed by atoms with Gasteiger partial charge in [0.1, 0.15) is 0 Å². The maximum atomic E-state index is 12.2. The normalized spacial score (nSPS) is 11.0. The molecule has 3 aromatic carbocycles. The minimum atomic E-state index is -0.224. The summed E-state index contributed by atoms with van der Waals surface area (Å²) in [5, 5.41) is 6.17. The molecule has 3 nitrogen and oxygen atoms in total. The number of nitrogens with one attached hydrogen (secondary N) is 1. The van der Waals surface area contributed by atoms with E-state index in [-0.39, 0.29) is 5.91 Å². The van der Waals surface area contributed by atoms with E-state index in [0.717, 1.165) is 26.4 Å². The molecular weight excluding hydrogens is 352 g/mol. The highest BCUT2D eigenvalue weighted by Crippen LogP contribution is 2.17. The van der Waals surface area contributed by atoms with Crippen molar-refractivity contribution in [3.8, 4) is 0 Å². The summed E-state index contributed by atoms with van der Waals surface area (Å²) < 4.78 is 1.02. The number of rotatable bonds is 3. The number of hydrogen-bond donors (Lipinski definition) is 1. The molecule has 0 aliphatic heterocycles. The lowest BCUT2D eigenvalue weighted by Gasteiger charge is -2.03. The van der Waals surface area contributed by atoms with Gasteiger partial charge >= 0.3 is 0 Å². The van der Waals surface area contributed by atoms with Crippen molar-refractivity contribution in [3.63, 3.8) is 0 Å². The van der Waals surface area contributed by atoms with Crippen LogP contribution in [0.4, 0.5) is 0 Å². The molecule has 0 aliphatic rings. The van der Waals surface area contributed by atoms with Gasteiger partial charge in [-0.05, 0) is 47.0 Å². The van der Waals surface area contributed by atoms with Gasteiger partial charge in [-0.25, -0.2) is 5.43 Å². The van der Waals surface area contributed by atoms with Crippen molar-refractivity contribution in [1.82, 2.24) is 5.43 Å². The minimum absolute atomic E-state index is 0.224. The first kappa shape index (κ1) is 15.4. The molecule has 1 amide bonds. The van der Waals surface area contributed by atoms with Gasteiger partial charge in [0.05, 0.1) is 6.21 Å². The van der Waals surface area contributed by atoms with E-state index in [1.54, 1.807) is 12.3 Å². The predicted molar refractivity (Wildman–Crippen MR) is 97.9 cm³/mol. The first-order chi connectivity index (χ1) is 11.1. The zero-order valence-electron chi connectivity index (χ0n) is 12.6. The Morgan fingerprint density at radius 3 is 2.61 bits per heavy atom. The number of aryl methyl sites for hydroxylation is 1. The molecule has 0 bridgehead atoms. The quantitative estimate of drug-likeness (QED) is 0.530. The van der Waals surface area contributed by atoms with Crippen LogP contribution in [0.3, 0.4) is 0 Å². The average molecular weight is 367 g/mol. The molecule has 114 valence electrons. The molecule has 0 unspecified atom stereocenters. The Morgan fingerprint density at radius 1 is 1.04 bits per heavy atom. The molecule has 0 radical (unpaired) electrons. The Labute approximate surface area is 143 Å². The topological polar surface area (TPSA) is 41.5 Å². The first-order valence-corrected chi connectivity index (χ1v) is 8.01. The third-order valence-electron chi connectivity index (χ3n) is 3.59. The van der Waals surface area contributed by atoms with Gasteiger partial charge in [-0.15, -0.1) is 0 Å². The summed E-state index contributed by atoms with van der Waals surface area (Å²) in [5.41, 5.74) is 5.22. The lowest BCUT2D eigenvalue weighted by atomic mass is 10.1. The van der Waals surface area contributed by atoms with Crippen molar-refractivity contribution in [2.75, 3.05) is 0 Å². The highest BCUT2D eigenvalue weighted by Gasteiger charge is 2.04. The van der Waals surface area contributed by atoms with Crippen LogP contribution < -0.4 is 5.43 Å². The molecule has 3 aromatic rings. The van der Waals surface area contributed by atoms with Gasteiger partial charge < -0.3 is 0 Å². The highest BCUT2D eigenvalue weighted by atomic mass is 79.9. The number of carbonyl (C=O) groups is 1. The maximum Gasteiger partial charge on any atom is 0.271 e. The standard InChI is InChI=1S/C19H15BrN2O/c1-13-6-7-14(10-18(13)20)12-21-22-19(23)17-9-8-15-4-2-3-5-16(15)11-17/h2-12H,1H3,(H,22,23)/b21-12-. The molecule has 0 saturated carbocycles. The molecule has 4 heteroatoms. The van der Waals surface area contributed by atoms with Crippen molar-refractivity contribution in [2.24, 2.45) is 5.10 Å². The number of fused-ring (bicyclic) bond motifs is 1. The van der Waals surface area contributed by atoms with E-state index in [0.29, 0.717) is 5.56 Å². The fourth-order valence-corrected chi connectivity index (χ4v) is 2.65. The van der Waals surface area contributed by atoms with Gasteiger partial charge in [0, 0.05) is 10.0 Å². The van der Waals surface area contributed by atoms with Gasteiger partial charge in [0.2, 0.25) is 0 Å². The van der Waals surface area contributed by atoms with Crippen LogP contribution in [-0.4, -0.2) is 12.1 Å². The summed E-state index contributed by atoms with van der Waals surface area (Å²) in [5.74, 6) is -0.224. The molecule has 23 heavy (non-hydrogen) atoms. The van der Waals surface area contributed by atoms with Crippen molar-refractivity contribution in [3.05, 3.63) is 81.8 Å². The molecule has 0 saturated heterocycles. The smallest absolute Gasteiger partial charge is 0.267 e. The predicted octanol–water partition coefficient (Wildman–Crippen LogP) is 4.67. The molecule has 0 atom stereocenters. The second kappa shape index (κ2) is 6.75. The van der Waals surface area contributed by atoms with Crippen LogP contribution in [0.2, 0.25) is 0 Å². The number of nitrogens with zero attached hydrogens (tertiary/aromatic N) is 1. The van der Waals surface area contributed by atoms with E-state index in [9.17, 15) is 4.79 Å². The molecule has 0 fully saturated rings. The van der Waals surface area contributed by atoms with E-state index in [2.05, 4.69) is 26.5 Å². The number of hydrogen-bond acceptors (Lipinski definition) is 2. The van der Waals surface area contributed by atoms with Crippen molar-refractivity contribution in [1.29, 1.82) is 0 Å². The van der Waals surface area contributed by atoms with Gasteiger partial charge in [0.25, 0.3) is 5.91 Å². The summed E-state index contributed by atoms with van der Waals surface area (Å²) in [7, 11) is 0. The van der Waals surface area contributed by atoms with Gasteiger partial charge in [-0.3, -0.25) is 4.79 Å². The van der Waals surface area contributed by atoms with Crippen LogP contribution >= 0.6 is 15.9 Å². The molecule has 0 aromatic heterocycles. The summed E-state index contributed by atoms with van der Waals surface area (Å²) >= 11 is 3.48. The fourth-order valence-electron chi connectivity index (χ4n) is 2.25. The van der Waals surface area contributed by atoms with Crippen molar-refractivity contribution >= 4 is 38.8 Å². The number of carbonyl (C=O) groups excluding carboxylic acids is 1. The Hall–Kier alpha value is -2.46. The third kappa shape index (κ3) is 3.66. The van der Waals surface area contributed by atoms with Crippen LogP contribution in [0, 0.1) is 6.92 Å². The van der Waals surface area contributed by atoms with E-state index in [1.165, 1.54) is 0 Å². The van der Waals surface area contributed by atoms with Crippen LogP contribution in [0.5, 0.6) is 0 Å². The molecule has 1 N–H and O–H groups in total. The highest BCUT2D eigenvalue weighted by molar-refractivity contribution is 9.10. The number of benzene rings is 3. The monoisotopic (exact) mass is 366 g/mol. The number of hydrazone groups is 1. The average Bonchev–Trinajstić information content (AvgIpc) is 2.57. The van der Waals surface area contributed by atoms with Crippen molar-refractivity contribution < 1.29 is 4.79 Å². The SMILES string of the molecule is Cc1ccc(/C=N\NC(=O)c2ccc3ccccc3c2)cc1Br. The second-order valence-corrected chi connectivity index (χ2v) is 6.12. The molecule has 0 heterocycles. The molecule has 3 rings (SSSR count). The minimum Gasteiger partial charge on any atom is -0.267 e. The molecule has 0 aliphatic carbocycles. The fraction of sp³-hybridized carbons (Fsp3) is 0.0526. The Morgan fingerprint density at radius 2 is 1.83 bits per heavy atom. The first-order valence-electron chi connectivity index (χ1n) is 7.22. The zero-order valence-corrected chi connectivity index (χ0v) is 14.2. The Kier molecular flexibility index (Phi) is 4.53. The molecular formula is C19H15BrN2O. The van der Waals surface area contributed by atoms with Gasteiger partial charge in [-0.2, -0.15) is 5.10 Å². The number of halogens is 1. The van der Waals surface area contributed by atoms with Gasteiger partial charge in [-0.1, -0.05) is 58.4 Å². The summed E-state index contributed by atoms with van der Waals surface area (Å²) in [6.45, 7) is 2.02. The van der Waals surface area contributed by atoms with Gasteiger partial charge in [0.15, 0.2) is 0 Å². The van der Waals surface area contributed by atoms with Crippen LogP contribution in [0.15, 0.2) is 70.2 Å². The van der Waals surface area contributed by atoms with E-state index < -0.39 is 0 Å². The Balaban J connectivity index is 1.72. The summed E-state index contributed by atoms with van der Waals surface area (Å²) in [4.78, 5) is 12.2. The number of amides is 1. The largest absolute Gasteiger partial charge is 0.271 e. The second-order valence-electron chi connectivity index (χ2n) is 5.27. The Bertz CT molecular complexity index is 903. The lowest BCUT2D eigenvalue weighted by Crippen LogP contribution is -2.17. The summed E-state index contributed by atoms with van der Waals surface area (Å²) in [6, 6.07) is 19.4. The van der Waals surface area contributed by atoms with Crippen LogP contribution in [-0.2, 0) is 0 Å². The maximum absolute atomic E-state index is 12.2.